The maximum absolute atomic E-state index is 13.7. The van der Waals surface area contributed by atoms with Crippen LogP contribution in [-0.2, 0) is 21.2 Å². The summed E-state index contributed by atoms with van der Waals surface area (Å²) in [7, 11) is -2.40. The van der Waals surface area contributed by atoms with Crippen molar-refractivity contribution >= 4 is 33.4 Å². The first kappa shape index (κ1) is 27.4. The van der Waals surface area contributed by atoms with Gasteiger partial charge in [-0.1, -0.05) is 24.3 Å². The van der Waals surface area contributed by atoms with Crippen molar-refractivity contribution < 1.29 is 22.7 Å². The second-order valence-corrected chi connectivity index (χ2v) is 10.6. The van der Waals surface area contributed by atoms with Crippen LogP contribution in [0, 0.1) is 0 Å². The van der Waals surface area contributed by atoms with Crippen LogP contribution in [0.2, 0.25) is 0 Å². The molecule has 0 saturated heterocycles. The first-order valence-corrected chi connectivity index (χ1v) is 14.3. The normalized spacial score (nSPS) is 11.1. The van der Waals surface area contributed by atoms with E-state index in [1.165, 1.54) is 11.8 Å². The van der Waals surface area contributed by atoms with Gasteiger partial charge in [0, 0.05) is 11.4 Å². The molecule has 0 unspecified atom stereocenters. The van der Waals surface area contributed by atoms with E-state index in [0.29, 0.717) is 31.0 Å². The molecule has 0 aromatic heterocycles. The number of carbonyl (C=O) groups excluding carboxylic acids is 1. The molecule has 9 heteroatoms. The van der Waals surface area contributed by atoms with E-state index in [9.17, 15) is 13.2 Å². The van der Waals surface area contributed by atoms with E-state index in [1.807, 2.05) is 37.4 Å². The Bertz CT molecular complexity index is 1250. The molecule has 0 atom stereocenters. The third-order valence-electron chi connectivity index (χ3n) is 5.47. The lowest BCUT2D eigenvalue weighted by Crippen LogP contribution is -2.41. The molecule has 0 radical (unpaired) electrons. The first-order chi connectivity index (χ1) is 17.4. The van der Waals surface area contributed by atoms with Gasteiger partial charge in [0.05, 0.1) is 24.3 Å². The summed E-state index contributed by atoms with van der Waals surface area (Å²) in [6.45, 7) is 2.24. The quantitative estimate of drug-likeness (QED) is 0.254. The van der Waals surface area contributed by atoms with Gasteiger partial charge in [-0.05, 0) is 80.1 Å². The number of hydrogen-bond donors (Lipinski definition) is 1. The zero-order valence-corrected chi connectivity index (χ0v) is 22.4. The number of amides is 1. The number of benzene rings is 3. The highest BCUT2D eigenvalue weighted by Gasteiger charge is 2.29. The fraction of sp³-hybridized carbons (Fsp3) is 0.296. The van der Waals surface area contributed by atoms with Crippen molar-refractivity contribution in [2.45, 2.75) is 29.6 Å². The number of ether oxygens (including phenoxy) is 2. The lowest BCUT2D eigenvalue weighted by Gasteiger charge is -2.26. The average molecular weight is 529 g/mol. The summed E-state index contributed by atoms with van der Waals surface area (Å²) < 4.78 is 39.4. The Labute approximate surface area is 217 Å². The van der Waals surface area contributed by atoms with E-state index >= 15 is 0 Å². The smallest absolute Gasteiger partial charge is 0.264 e. The molecule has 0 aliphatic heterocycles. The molecule has 7 nitrogen and oxygen atoms in total. The van der Waals surface area contributed by atoms with Gasteiger partial charge in [0.15, 0.2) is 0 Å². The Balaban J connectivity index is 1.76. The van der Waals surface area contributed by atoms with Crippen molar-refractivity contribution in [1.82, 2.24) is 5.32 Å². The Morgan fingerprint density at radius 1 is 1.03 bits per heavy atom. The summed E-state index contributed by atoms with van der Waals surface area (Å²) in [5.41, 5.74) is 1.42. The summed E-state index contributed by atoms with van der Waals surface area (Å²) >= 11 is 1.52. The van der Waals surface area contributed by atoms with Crippen molar-refractivity contribution in [3.8, 4) is 11.5 Å². The Hall–Kier alpha value is -3.17. The van der Waals surface area contributed by atoms with Gasteiger partial charge in [0.25, 0.3) is 10.0 Å². The SMILES string of the molecule is CCOc1ccccc1N(CC(=O)NCCCc1cccc(OC)c1)S(=O)(=O)c1ccc(SC)cc1. The zero-order chi connectivity index (χ0) is 26.0. The van der Waals surface area contributed by atoms with Crippen LogP contribution in [-0.4, -0.2) is 47.4 Å². The molecule has 0 aliphatic rings. The van der Waals surface area contributed by atoms with E-state index < -0.39 is 15.9 Å². The lowest BCUT2D eigenvalue weighted by atomic mass is 10.1. The van der Waals surface area contributed by atoms with Gasteiger partial charge in [0.2, 0.25) is 5.91 Å². The van der Waals surface area contributed by atoms with Crippen LogP contribution >= 0.6 is 11.8 Å². The van der Waals surface area contributed by atoms with Crippen LogP contribution in [0.3, 0.4) is 0 Å². The summed E-state index contributed by atoms with van der Waals surface area (Å²) in [6, 6.07) is 21.2. The molecule has 0 fully saturated rings. The monoisotopic (exact) mass is 528 g/mol. The second kappa shape index (κ2) is 13.2. The number of aryl methyl sites for hydroxylation is 1. The topological polar surface area (TPSA) is 84.9 Å². The van der Waals surface area contributed by atoms with E-state index in [-0.39, 0.29) is 11.4 Å². The number of nitrogens with zero attached hydrogens (tertiary/aromatic N) is 1. The molecule has 36 heavy (non-hydrogen) atoms. The van der Waals surface area contributed by atoms with Gasteiger partial charge >= 0.3 is 0 Å². The van der Waals surface area contributed by atoms with Crippen molar-refractivity contribution in [3.05, 3.63) is 78.4 Å². The molecule has 0 spiro atoms. The fourth-order valence-electron chi connectivity index (χ4n) is 3.65. The minimum absolute atomic E-state index is 0.109. The van der Waals surface area contributed by atoms with E-state index in [4.69, 9.17) is 9.47 Å². The Morgan fingerprint density at radius 2 is 1.78 bits per heavy atom. The van der Waals surface area contributed by atoms with E-state index in [0.717, 1.165) is 26.9 Å². The summed E-state index contributed by atoms with van der Waals surface area (Å²) in [5, 5.41) is 2.85. The Kier molecular flexibility index (Phi) is 10.1. The van der Waals surface area contributed by atoms with E-state index in [2.05, 4.69) is 5.32 Å². The molecule has 0 bridgehead atoms. The Morgan fingerprint density at radius 3 is 2.47 bits per heavy atom. The van der Waals surface area contributed by atoms with Crippen LogP contribution in [0.1, 0.15) is 18.9 Å². The van der Waals surface area contributed by atoms with Gasteiger partial charge in [-0.25, -0.2) is 8.42 Å². The van der Waals surface area contributed by atoms with Crippen molar-refractivity contribution in [1.29, 1.82) is 0 Å². The predicted molar refractivity (Wildman–Crippen MR) is 145 cm³/mol. The molecule has 192 valence electrons. The standard InChI is InChI=1S/C27H32N2O5S2/c1-4-34-26-13-6-5-12-25(26)29(36(31,32)24-16-14-23(35-3)15-17-24)20-27(30)28-18-8-10-21-9-7-11-22(19-21)33-2/h5-7,9,11-17,19H,4,8,10,18,20H2,1-3H3,(H,28,30). The zero-order valence-electron chi connectivity index (χ0n) is 20.8. The van der Waals surface area contributed by atoms with Crippen LogP contribution in [0.15, 0.2) is 82.6 Å². The molecule has 3 aromatic rings. The van der Waals surface area contributed by atoms with Gasteiger partial charge in [-0.3, -0.25) is 9.10 Å². The molecule has 3 rings (SSSR count). The number of sulfonamides is 1. The van der Waals surface area contributed by atoms with Gasteiger partial charge in [-0.2, -0.15) is 0 Å². The largest absolute Gasteiger partial charge is 0.497 e. The molecular weight excluding hydrogens is 496 g/mol. The van der Waals surface area contributed by atoms with Crippen LogP contribution in [0.5, 0.6) is 11.5 Å². The number of anilines is 1. The highest BCUT2D eigenvalue weighted by atomic mass is 32.2. The third kappa shape index (κ3) is 7.18. The highest BCUT2D eigenvalue weighted by molar-refractivity contribution is 7.98. The number of hydrogen-bond acceptors (Lipinski definition) is 6. The van der Waals surface area contributed by atoms with Crippen molar-refractivity contribution in [2.75, 3.05) is 37.4 Å². The van der Waals surface area contributed by atoms with Gasteiger partial charge in [0.1, 0.15) is 18.0 Å². The maximum Gasteiger partial charge on any atom is 0.264 e. The number of methoxy groups -OCH3 is 1. The number of nitrogens with one attached hydrogen (secondary N) is 1. The van der Waals surface area contributed by atoms with Crippen LogP contribution in [0.25, 0.3) is 0 Å². The second-order valence-electron chi connectivity index (χ2n) is 7.89. The van der Waals surface area contributed by atoms with Crippen LogP contribution < -0.4 is 19.1 Å². The molecule has 1 N–H and O–H groups in total. The number of rotatable bonds is 13. The highest BCUT2D eigenvalue weighted by Crippen LogP contribution is 2.32. The maximum atomic E-state index is 13.7. The minimum atomic E-state index is -4.03. The number of thioether (sulfide) groups is 1. The van der Waals surface area contributed by atoms with E-state index in [1.54, 1.807) is 55.6 Å². The third-order valence-corrected chi connectivity index (χ3v) is 7.98. The average Bonchev–Trinajstić information content (AvgIpc) is 2.90. The molecule has 0 saturated carbocycles. The van der Waals surface area contributed by atoms with Gasteiger partial charge < -0.3 is 14.8 Å². The molecular formula is C27H32N2O5S2. The molecule has 3 aromatic carbocycles. The molecule has 0 heterocycles. The lowest BCUT2D eigenvalue weighted by molar-refractivity contribution is -0.119. The van der Waals surface area contributed by atoms with Gasteiger partial charge in [-0.15, -0.1) is 11.8 Å². The van der Waals surface area contributed by atoms with Crippen molar-refractivity contribution in [3.63, 3.8) is 0 Å². The van der Waals surface area contributed by atoms with Crippen LogP contribution in [0.4, 0.5) is 5.69 Å². The summed E-state index contributed by atoms with van der Waals surface area (Å²) in [4.78, 5) is 14.0. The summed E-state index contributed by atoms with van der Waals surface area (Å²) in [5.74, 6) is 0.794. The molecule has 0 aliphatic carbocycles. The minimum Gasteiger partial charge on any atom is -0.497 e. The predicted octanol–water partition coefficient (Wildman–Crippen LogP) is 4.76. The number of carbonyl (C=O) groups is 1. The fourth-order valence-corrected chi connectivity index (χ4v) is 5.49. The van der Waals surface area contributed by atoms with Crippen molar-refractivity contribution in [2.24, 2.45) is 0 Å². The first-order valence-electron chi connectivity index (χ1n) is 11.7. The number of para-hydroxylation sites is 2. The molecule has 1 amide bonds. The summed E-state index contributed by atoms with van der Waals surface area (Å²) in [6.07, 6.45) is 3.39.